The molecule has 1 atom stereocenters. The number of ether oxygens (including phenoxy) is 1. The monoisotopic (exact) mass is 361 g/mol. The molecular weight excluding hydrogens is 338 g/mol. The molecule has 8 heteroatoms. The minimum Gasteiger partial charge on any atom is -0.480 e. The molecule has 2 aromatic rings. The lowest BCUT2D eigenvalue weighted by atomic mass is 10.1. The van der Waals surface area contributed by atoms with Crippen molar-refractivity contribution in [3.63, 3.8) is 0 Å². The van der Waals surface area contributed by atoms with Crippen LogP contribution in [0.15, 0.2) is 35.3 Å². The standard InChI is InChI=1S/C18H23N3O5/c1-18(2,3)26-9-8-14(17(24)25)20-15(22)11-21-16(23)13-7-5-4-6-12(13)10-19-21/h4-7,10,14H,8-9,11H2,1-3H3,(H,20,22)(H,24,25). The van der Waals surface area contributed by atoms with Gasteiger partial charge in [0.25, 0.3) is 5.56 Å². The summed E-state index contributed by atoms with van der Waals surface area (Å²) < 4.78 is 6.51. The first-order valence-corrected chi connectivity index (χ1v) is 8.28. The predicted molar refractivity (Wildman–Crippen MR) is 95.9 cm³/mol. The van der Waals surface area contributed by atoms with Crippen LogP contribution in [-0.4, -0.2) is 45.0 Å². The molecule has 1 aromatic carbocycles. The fraction of sp³-hybridized carbons (Fsp3) is 0.444. The number of aliphatic carboxylic acids is 1. The molecule has 0 saturated carbocycles. The fourth-order valence-corrected chi connectivity index (χ4v) is 2.36. The van der Waals surface area contributed by atoms with E-state index in [0.29, 0.717) is 10.8 Å². The number of hydrogen-bond donors (Lipinski definition) is 2. The number of carbonyl (C=O) groups excluding carboxylic acids is 1. The van der Waals surface area contributed by atoms with E-state index in [1.807, 2.05) is 20.8 Å². The van der Waals surface area contributed by atoms with Crippen molar-refractivity contribution in [2.24, 2.45) is 0 Å². The molecule has 0 bridgehead atoms. The van der Waals surface area contributed by atoms with Gasteiger partial charge in [-0.25, -0.2) is 9.48 Å². The van der Waals surface area contributed by atoms with Gasteiger partial charge in [-0.2, -0.15) is 5.10 Å². The van der Waals surface area contributed by atoms with Crippen molar-refractivity contribution in [1.29, 1.82) is 0 Å². The molecular formula is C18H23N3O5. The number of fused-ring (bicyclic) bond motifs is 1. The molecule has 2 N–H and O–H groups in total. The van der Waals surface area contributed by atoms with Gasteiger partial charge >= 0.3 is 5.97 Å². The maximum Gasteiger partial charge on any atom is 0.326 e. The molecule has 8 nitrogen and oxygen atoms in total. The zero-order chi connectivity index (χ0) is 19.3. The predicted octanol–water partition coefficient (Wildman–Crippen LogP) is 1.17. The third-order valence-corrected chi connectivity index (χ3v) is 3.63. The summed E-state index contributed by atoms with van der Waals surface area (Å²) in [6, 6.07) is 5.82. The largest absolute Gasteiger partial charge is 0.480 e. The Hall–Kier alpha value is -2.74. The maximum absolute atomic E-state index is 12.4. The highest BCUT2D eigenvalue weighted by Crippen LogP contribution is 2.08. The van der Waals surface area contributed by atoms with E-state index in [1.165, 1.54) is 6.20 Å². The average Bonchev–Trinajstić information content (AvgIpc) is 2.55. The van der Waals surface area contributed by atoms with Crippen LogP contribution in [0.3, 0.4) is 0 Å². The number of amides is 1. The number of carboxylic acids is 1. The van der Waals surface area contributed by atoms with Crippen LogP contribution >= 0.6 is 0 Å². The van der Waals surface area contributed by atoms with E-state index in [9.17, 15) is 19.5 Å². The summed E-state index contributed by atoms with van der Waals surface area (Å²) in [6.07, 6.45) is 1.62. The first kappa shape index (κ1) is 19.6. The second-order valence-electron chi connectivity index (χ2n) is 6.90. The van der Waals surface area contributed by atoms with E-state index in [0.717, 1.165) is 4.68 Å². The molecule has 0 aliphatic heterocycles. The smallest absolute Gasteiger partial charge is 0.326 e. The number of carboxylic acid groups (broad SMARTS) is 1. The molecule has 0 spiro atoms. The van der Waals surface area contributed by atoms with E-state index in [-0.39, 0.29) is 19.6 Å². The molecule has 140 valence electrons. The molecule has 0 aliphatic rings. The van der Waals surface area contributed by atoms with Gasteiger partial charge in [0.05, 0.1) is 17.2 Å². The van der Waals surface area contributed by atoms with Gasteiger partial charge in [0.1, 0.15) is 12.6 Å². The second-order valence-corrected chi connectivity index (χ2v) is 6.90. The first-order chi connectivity index (χ1) is 12.2. The minimum atomic E-state index is -1.16. The lowest BCUT2D eigenvalue weighted by Gasteiger charge is -2.21. The molecule has 26 heavy (non-hydrogen) atoms. The highest BCUT2D eigenvalue weighted by Gasteiger charge is 2.21. The minimum absolute atomic E-state index is 0.123. The van der Waals surface area contributed by atoms with Crippen LogP contribution in [0.5, 0.6) is 0 Å². The molecule has 1 amide bonds. The van der Waals surface area contributed by atoms with E-state index >= 15 is 0 Å². The molecule has 0 radical (unpaired) electrons. The molecule has 1 aromatic heterocycles. The van der Waals surface area contributed by atoms with Gasteiger partial charge in [0, 0.05) is 18.4 Å². The van der Waals surface area contributed by atoms with Crippen LogP contribution < -0.4 is 10.9 Å². The number of nitrogens with one attached hydrogen (secondary N) is 1. The Morgan fingerprint density at radius 1 is 1.31 bits per heavy atom. The van der Waals surface area contributed by atoms with Crippen LogP contribution in [0.1, 0.15) is 27.2 Å². The zero-order valence-corrected chi connectivity index (χ0v) is 15.1. The summed E-state index contributed by atoms with van der Waals surface area (Å²) in [6.45, 7) is 5.42. The van der Waals surface area contributed by atoms with Gasteiger partial charge in [0.15, 0.2) is 0 Å². The Kier molecular flexibility index (Phi) is 6.10. The van der Waals surface area contributed by atoms with Crippen LogP contribution in [0.4, 0.5) is 0 Å². The van der Waals surface area contributed by atoms with Crippen molar-refractivity contribution in [3.8, 4) is 0 Å². The Labute approximate surface area is 150 Å². The van der Waals surface area contributed by atoms with Gasteiger partial charge in [-0.3, -0.25) is 9.59 Å². The van der Waals surface area contributed by atoms with Gasteiger partial charge in [-0.1, -0.05) is 18.2 Å². The van der Waals surface area contributed by atoms with E-state index in [2.05, 4.69) is 10.4 Å². The molecule has 1 unspecified atom stereocenters. The molecule has 0 fully saturated rings. The van der Waals surface area contributed by atoms with Crippen molar-refractivity contribution in [2.45, 2.75) is 45.4 Å². The molecule has 1 heterocycles. The van der Waals surface area contributed by atoms with Gasteiger partial charge in [0.2, 0.25) is 5.91 Å². The molecule has 0 aliphatic carbocycles. The number of aromatic nitrogens is 2. The SMILES string of the molecule is CC(C)(C)OCCC(NC(=O)Cn1ncc2ccccc2c1=O)C(=O)O. The van der Waals surface area contributed by atoms with Crippen LogP contribution in [-0.2, 0) is 20.9 Å². The number of rotatable bonds is 7. The maximum atomic E-state index is 12.4. The Morgan fingerprint density at radius 3 is 2.65 bits per heavy atom. The summed E-state index contributed by atoms with van der Waals surface area (Å²) in [4.78, 5) is 35.8. The lowest BCUT2D eigenvalue weighted by Crippen LogP contribution is -2.44. The van der Waals surface area contributed by atoms with Crippen molar-refractivity contribution < 1.29 is 19.4 Å². The average molecular weight is 361 g/mol. The number of benzene rings is 1. The third-order valence-electron chi connectivity index (χ3n) is 3.63. The van der Waals surface area contributed by atoms with Crippen LogP contribution in [0.25, 0.3) is 10.8 Å². The quantitative estimate of drug-likeness (QED) is 0.766. The zero-order valence-electron chi connectivity index (χ0n) is 15.1. The Bertz CT molecular complexity index is 854. The highest BCUT2D eigenvalue weighted by atomic mass is 16.5. The van der Waals surface area contributed by atoms with Crippen LogP contribution in [0.2, 0.25) is 0 Å². The van der Waals surface area contributed by atoms with E-state index < -0.39 is 29.1 Å². The normalized spacial score (nSPS) is 12.7. The number of hydrogen-bond acceptors (Lipinski definition) is 5. The third kappa shape index (κ3) is 5.38. The Morgan fingerprint density at radius 2 is 2.00 bits per heavy atom. The second kappa shape index (κ2) is 8.09. The van der Waals surface area contributed by atoms with Crippen molar-refractivity contribution in [1.82, 2.24) is 15.1 Å². The first-order valence-electron chi connectivity index (χ1n) is 8.28. The summed E-state index contributed by atoms with van der Waals surface area (Å²) in [5.74, 6) is -1.76. The van der Waals surface area contributed by atoms with Crippen LogP contribution in [0, 0.1) is 0 Å². The van der Waals surface area contributed by atoms with Crippen molar-refractivity contribution >= 4 is 22.6 Å². The molecule has 2 rings (SSSR count). The summed E-state index contributed by atoms with van der Waals surface area (Å²) in [7, 11) is 0. The number of nitrogens with zero attached hydrogens (tertiary/aromatic N) is 2. The lowest BCUT2D eigenvalue weighted by molar-refractivity contribution is -0.143. The summed E-state index contributed by atoms with van der Waals surface area (Å²) in [5, 5.41) is 16.8. The van der Waals surface area contributed by atoms with Gasteiger partial charge in [-0.05, 0) is 26.8 Å². The summed E-state index contributed by atoms with van der Waals surface area (Å²) >= 11 is 0. The highest BCUT2D eigenvalue weighted by molar-refractivity contribution is 5.84. The topological polar surface area (TPSA) is 111 Å². The fourth-order valence-electron chi connectivity index (χ4n) is 2.36. The van der Waals surface area contributed by atoms with Gasteiger partial charge < -0.3 is 15.2 Å². The van der Waals surface area contributed by atoms with E-state index in [4.69, 9.17) is 4.74 Å². The summed E-state index contributed by atoms with van der Waals surface area (Å²) in [5.41, 5.74) is -0.795. The molecule has 0 saturated heterocycles. The van der Waals surface area contributed by atoms with E-state index in [1.54, 1.807) is 24.3 Å². The number of carbonyl (C=O) groups is 2. The van der Waals surface area contributed by atoms with Crippen molar-refractivity contribution in [2.75, 3.05) is 6.61 Å². The Balaban J connectivity index is 2.03. The van der Waals surface area contributed by atoms with Crippen molar-refractivity contribution in [3.05, 3.63) is 40.8 Å². The van der Waals surface area contributed by atoms with Gasteiger partial charge in [-0.15, -0.1) is 0 Å².